The maximum atomic E-state index is 14.0. The summed E-state index contributed by atoms with van der Waals surface area (Å²) in [7, 11) is 0. The second-order valence-electron chi connectivity index (χ2n) is 10.9. The molecule has 1 aliphatic carbocycles. The van der Waals surface area contributed by atoms with Crippen LogP contribution < -0.4 is 17.0 Å². The Balaban J connectivity index is 1.29. The largest absolute Gasteiger partial charge is 0.333 e. The molecule has 0 bridgehead atoms. The number of thioether (sulfide) groups is 1. The Bertz CT molecular complexity index is 1630. The first kappa shape index (κ1) is 26.8. The lowest BCUT2D eigenvalue weighted by atomic mass is 9.89. The highest BCUT2D eigenvalue weighted by atomic mass is 32.2. The summed E-state index contributed by atoms with van der Waals surface area (Å²) in [6.45, 7) is 2.69. The first-order chi connectivity index (χ1) is 19.5. The molecule has 1 aliphatic heterocycles. The number of pyridine rings is 2. The van der Waals surface area contributed by atoms with E-state index in [1.807, 2.05) is 58.4 Å². The first-order valence-corrected chi connectivity index (χ1v) is 15.3. The molecule has 40 heavy (non-hydrogen) atoms. The monoisotopic (exact) mass is 561 g/mol. The lowest BCUT2D eigenvalue weighted by Gasteiger charge is -2.37. The number of fused-ring (bicyclic) bond motifs is 2. The van der Waals surface area contributed by atoms with Crippen LogP contribution in [0.1, 0.15) is 66.7 Å². The van der Waals surface area contributed by atoms with Crippen molar-refractivity contribution in [1.82, 2.24) is 28.4 Å². The molecule has 4 aromatic heterocycles. The van der Waals surface area contributed by atoms with Gasteiger partial charge in [0.05, 0.1) is 5.39 Å². The zero-order chi connectivity index (χ0) is 27.8. The number of carbonyl (C=O) groups is 1. The first-order valence-electron chi connectivity index (χ1n) is 14.1. The number of carbonyl (C=O) groups excluding carboxylic acids is 1. The molecule has 1 saturated heterocycles. The topological polar surface area (TPSA) is 121 Å². The third-order valence-corrected chi connectivity index (χ3v) is 9.38. The van der Waals surface area contributed by atoms with Crippen LogP contribution in [0.15, 0.2) is 52.4 Å². The van der Waals surface area contributed by atoms with Crippen molar-refractivity contribution in [3.05, 3.63) is 75.0 Å². The smallest absolute Gasteiger partial charge is 0.333 e. The number of imidazole rings is 1. The van der Waals surface area contributed by atoms with Gasteiger partial charge in [-0.15, -0.1) is 0 Å². The molecule has 11 heteroatoms. The van der Waals surface area contributed by atoms with Gasteiger partial charge in [0, 0.05) is 49.8 Å². The lowest BCUT2D eigenvalue weighted by Crippen LogP contribution is -2.48. The van der Waals surface area contributed by atoms with Gasteiger partial charge in [-0.05, 0) is 80.7 Å². The quantitative estimate of drug-likeness (QED) is 0.384. The van der Waals surface area contributed by atoms with E-state index in [2.05, 4.69) is 9.97 Å². The van der Waals surface area contributed by atoms with Gasteiger partial charge in [0.2, 0.25) is 0 Å². The van der Waals surface area contributed by atoms with E-state index in [-0.39, 0.29) is 35.3 Å². The Labute approximate surface area is 236 Å². The predicted octanol–water partition coefficient (Wildman–Crippen LogP) is 3.17. The number of amides is 1. The SMILES string of the molecule is Cc1cnc2c(c1)c(=O)n(C1CCC(N(CCN)C(=O)c3cn4ccccc4n3)CC1)c(=O)n2C1CCSCC1. The van der Waals surface area contributed by atoms with E-state index in [4.69, 9.17) is 5.73 Å². The Morgan fingerprint density at radius 2 is 1.82 bits per heavy atom. The van der Waals surface area contributed by atoms with Gasteiger partial charge in [-0.25, -0.2) is 14.8 Å². The molecule has 4 aromatic rings. The van der Waals surface area contributed by atoms with Crippen LogP contribution in [0.4, 0.5) is 0 Å². The zero-order valence-corrected chi connectivity index (χ0v) is 23.6. The summed E-state index contributed by atoms with van der Waals surface area (Å²) >= 11 is 1.90. The second kappa shape index (κ2) is 11.2. The maximum absolute atomic E-state index is 14.0. The molecule has 5 heterocycles. The molecule has 10 nitrogen and oxygen atoms in total. The van der Waals surface area contributed by atoms with Gasteiger partial charge in [-0.2, -0.15) is 11.8 Å². The molecule has 0 atom stereocenters. The van der Waals surface area contributed by atoms with Crippen LogP contribution in [-0.2, 0) is 0 Å². The number of aromatic nitrogens is 5. The molecule has 0 radical (unpaired) electrons. The minimum absolute atomic E-state index is 0.0326. The van der Waals surface area contributed by atoms with Crippen LogP contribution >= 0.6 is 11.8 Å². The van der Waals surface area contributed by atoms with E-state index in [9.17, 15) is 14.4 Å². The van der Waals surface area contributed by atoms with Gasteiger partial charge in [0.25, 0.3) is 11.5 Å². The number of aryl methyl sites for hydroxylation is 1. The molecule has 1 saturated carbocycles. The van der Waals surface area contributed by atoms with E-state index in [1.165, 1.54) is 4.57 Å². The predicted molar refractivity (Wildman–Crippen MR) is 157 cm³/mol. The molecule has 2 aliphatic rings. The molecule has 0 spiro atoms. The highest BCUT2D eigenvalue weighted by molar-refractivity contribution is 7.99. The molecular weight excluding hydrogens is 526 g/mol. The van der Waals surface area contributed by atoms with Crippen molar-refractivity contribution < 1.29 is 4.79 Å². The summed E-state index contributed by atoms with van der Waals surface area (Å²) in [5.74, 6) is 1.84. The highest BCUT2D eigenvalue weighted by Gasteiger charge is 2.33. The minimum Gasteiger partial charge on any atom is -0.333 e. The Kier molecular flexibility index (Phi) is 7.50. The molecule has 0 unspecified atom stereocenters. The van der Waals surface area contributed by atoms with Crippen molar-refractivity contribution in [2.45, 2.75) is 63.6 Å². The molecule has 2 fully saturated rings. The summed E-state index contributed by atoms with van der Waals surface area (Å²) in [6.07, 6.45) is 9.75. The number of nitrogens with zero attached hydrogens (tertiary/aromatic N) is 6. The van der Waals surface area contributed by atoms with Crippen LogP contribution in [0, 0.1) is 6.92 Å². The van der Waals surface area contributed by atoms with Gasteiger partial charge < -0.3 is 15.0 Å². The van der Waals surface area contributed by atoms with Gasteiger partial charge >= 0.3 is 5.69 Å². The third kappa shape index (κ3) is 4.85. The summed E-state index contributed by atoms with van der Waals surface area (Å²) in [4.78, 5) is 52.2. The van der Waals surface area contributed by atoms with Crippen molar-refractivity contribution in [2.24, 2.45) is 5.73 Å². The highest BCUT2D eigenvalue weighted by Crippen LogP contribution is 2.32. The maximum Gasteiger partial charge on any atom is 0.333 e. The molecule has 210 valence electrons. The standard InChI is InChI=1S/C29H35N7O3S/c1-19-16-23-26(31-17-19)35(22-9-14-40-15-10-22)29(39)36(27(23)37)21-7-5-20(6-8-21)34(13-11-30)28(38)24-18-33-12-3-2-4-25(33)32-24/h2-4,12,16-18,20-22H,5-11,13-15,30H2,1H3. The number of nitrogens with two attached hydrogens (primary N) is 1. The lowest BCUT2D eigenvalue weighted by molar-refractivity contribution is 0.0613. The van der Waals surface area contributed by atoms with E-state index < -0.39 is 0 Å². The summed E-state index contributed by atoms with van der Waals surface area (Å²) in [5.41, 5.74) is 7.90. The van der Waals surface area contributed by atoms with Gasteiger partial charge in [-0.1, -0.05) is 6.07 Å². The Morgan fingerprint density at radius 3 is 2.55 bits per heavy atom. The summed E-state index contributed by atoms with van der Waals surface area (Å²) < 4.78 is 5.11. The van der Waals surface area contributed by atoms with Crippen molar-refractivity contribution in [2.75, 3.05) is 24.6 Å². The average Bonchev–Trinajstić information content (AvgIpc) is 3.42. The minimum atomic E-state index is -0.263. The van der Waals surface area contributed by atoms with Crippen molar-refractivity contribution >= 4 is 34.3 Å². The Morgan fingerprint density at radius 1 is 1.07 bits per heavy atom. The van der Waals surface area contributed by atoms with Gasteiger partial charge in [0.15, 0.2) is 0 Å². The molecule has 6 rings (SSSR count). The number of hydrogen-bond donors (Lipinski definition) is 1. The number of hydrogen-bond acceptors (Lipinski definition) is 7. The third-order valence-electron chi connectivity index (χ3n) is 8.34. The van der Waals surface area contributed by atoms with E-state index in [0.717, 1.165) is 35.6 Å². The van der Waals surface area contributed by atoms with Gasteiger partial charge in [0.1, 0.15) is 17.0 Å². The number of rotatable bonds is 6. The van der Waals surface area contributed by atoms with Crippen LogP contribution in [0.5, 0.6) is 0 Å². The van der Waals surface area contributed by atoms with E-state index in [0.29, 0.717) is 55.5 Å². The van der Waals surface area contributed by atoms with E-state index in [1.54, 1.807) is 17.0 Å². The average molecular weight is 562 g/mol. The van der Waals surface area contributed by atoms with Crippen molar-refractivity contribution in [3.63, 3.8) is 0 Å². The Hall–Kier alpha value is -3.44. The summed E-state index contributed by atoms with van der Waals surface area (Å²) in [6, 6.07) is 7.30. The molecular formula is C29H35N7O3S. The normalized spacial score (nSPS) is 20.2. The fourth-order valence-electron chi connectivity index (χ4n) is 6.33. The molecule has 0 aromatic carbocycles. The zero-order valence-electron chi connectivity index (χ0n) is 22.7. The molecule has 1 amide bonds. The van der Waals surface area contributed by atoms with Crippen LogP contribution in [0.3, 0.4) is 0 Å². The fraction of sp³-hybridized carbons (Fsp3) is 0.483. The van der Waals surface area contributed by atoms with Crippen molar-refractivity contribution in [1.29, 1.82) is 0 Å². The second-order valence-corrected chi connectivity index (χ2v) is 12.1. The van der Waals surface area contributed by atoms with E-state index >= 15 is 0 Å². The molecule has 2 N–H and O–H groups in total. The van der Waals surface area contributed by atoms with Crippen LogP contribution in [-0.4, -0.2) is 64.9 Å². The fourth-order valence-corrected chi connectivity index (χ4v) is 7.41. The van der Waals surface area contributed by atoms with Crippen molar-refractivity contribution in [3.8, 4) is 0 Å². The van der Waals surface area contributed by atoms with Crippen LogP contribution in [0.2, 0.25) is 0 Å². The van der Waals surface area contributed by atoms with Crippen LogP contribution in [0.25, 0.3) is 16.7 Å². The summed E-state index contributed by atoms with van der Waals surface area (Å²) in [5, 5.41) is 0.506. The van der Waals surface area contributed by atoms with Gasteiger partial charge in [-0.3, -0.25) is 18.7 Å².